The fourth-order valence-corrected chi connectivity index (χ4v) is 9.70. The number of carboxylic acid groups (broad SMARTS) is 15. The van der Waals surface area contributed by atoms with Gasteiger partial charge < -0.3 is 76.6 Å². The van der Waals surface area contributed by atoms with Crippen LogP contribution >= 0.6 is 0 Å². The molecule has 0 heterocycles. The van der Waals surface area contributed by atoms with E-state index in [2.05, 4.69) is 0 Å². The molecule has 97 heavy (non-hydrogen) atoms. The molecular weight excluding hydrogens is 1310 g/mol. The largest absolute Gasteiger partial charge is 0.480 e. The van der Waals surface area contributed by atoms with E-state index in [1.807, 2.05) is 0 Å². The molecule has 0 radical (unpaired) electrons. The fraction of sp³-hybridized carbons (Fsp3) is 0.722. The van der Waals surface area contributed by atoms with Gasteiger partial charge in [-0.1, -0.05) is 0 Å². The Hall–Kier alpha value is -8.47. The van der Waals surface area contributed by atoms with Crippen molar-refractivity contribution in [3.8, 4) is 0 Å². The van der Waals surface area contributed by atoms with Crippen molar-refractivity contribution in [1.29, 1.82) is 0 Å². The van der Waals surface area contributed by atoms with Gasteiger partial charge in [0.15, 0.2) is 0 Å². The third-order valence-electron chi connectivity index (χ3n) is 14.2. The van der Waals surface area contributed by atoms with Gasteiger partial charge in [-0.25, -0.2) is 0 Å². The first-order valence-corrected chi connectivity index (χ1v) is 30.1. The highest BCUT2D eigenvalue weighted by Gasteiger charge is 2.26. The third kappa shape index (κ3) is 51.5. The molecule has 0 aromatic carbocycles. The Morgan fingerprint density at radius 1 is 0.113 bits per heavy atom. The Bertz CT molecular complexity index is 2380. The van der Waals surface area contributed by atoms with Crippen LogP contribution in [0.1, 0.15) is 0 Å². The number of hydrogen-bond donors (Lipinski definition) is 15. The lowest BCUT2D eigenvalue weighted by Gasteiger charge is -2.34. The van der Waals surface area contributed by atoms with Crippen LogP contribution in [0.25, 0.3) is 0 Å². The first kappa shape index (κ1) is 88.5. The van der Waals surface area contributed by atoms with Crippen molar-refractivity contribution in [2.75, 3.05) is 255 Å². The molecule has 0 spiro atoms. The summed E-state index contributed by atoms with van der Waals surface area (Å²) in [6, 6.07) is 0. The Morgan fingerprint density at radius 3 is 0.258 bits per heavy atom. The number of nitrogens with zero attached hydrogens (tertiary/aromatic N) is 13. The van der Waals surface area contributed by atoms with Crippen LogP contribution < -0.4 is 0 Å². The van der Waals surface area contributed by atoms with E-state index in [0.29, 0.717) is 0 Å². The van der Waals surface area contributed by atoms with E-state index in [0.717, 1.165) is 29.4 Å². The molecule has 0 aliphatic rings. The molecule has 0 aliphatic heterocycles. The van der Waals surface area contributed by atoms with Crippen LogP contribution in [0.4, 0.5) is 0 Å². The summed E-state index contributed by atoms with van der Waals surface area (Å²) in [6.45, 7) is -14.0. The molecule has 0 saturated heterocycles. The minimum absolute atomic E-state index is 0.0313. The second-order valence-electron chi connectivity index (χ2n) is 22.4. The van der Waals surface area contributed by atoms with E-state index in [-0.39, 0.29) is 157 Å². The first-order chi connectivity index (χ1) is 45.4. The fourth-order valence-electron chi connectivity index (χ4n) is 9.70. The average molecular weight is 1400 g/mol. The van der Waals surface area contributed by atoms with Gasteiger partial charge in [-0.2, -0.15) is 0 Å². The number of hydrogen-bond acceptors (Lipinski definition) is 28. The smallest absolute Gasteiger partial charge is 0.317 e. The zero-order valence-corrected chi connectivity index (χ0v) is 53.7. The molecule has 43 heteroatoms. The lowest BCUT2D eigenvalue weighted by atomic mass is 10.3. The second kappa shape index (κ2) is 50.0. The topological polar surface area (TPSA) is 602 Å². The maximum Gasteiger partial charge on any atom is 0.317 e. The molecule has 0 aromatic rings. The van der Waals surface area contributed by atoms with Crippen molar-refractivity contribution >= 4 is 89.5 Å². The average Bonchev–Trinajstić information content (AvgIpc) is 1.16. The minimum atomic E-state index is -1.39. The highest BCUT2D eigenvalue weighted by Crippen LogP contribution is 2.06. The summed E-state index contributed by atoms with van der Waals surface area (Å²) in [7, 11) is 0. The lowest BCUT2D eigenvalue weighted by Crippen LogP contribution is -2.50. The number of carbonyl (C=O) groups is 15. The van der Waals surface area contributed by atoms with E-state index < -0.39 is 188 Å². The Kier molecular flexibility index (Phi) is 45.6. The van der Waals surface area contributed by atoms with Gasteiger partial charge in [-0.05, 0) is 0 Å². The van der Waals surface area contributed by atoms with Crippen molar-refractivity contribution in [3.63, 3.8) is 0 Å². The lowest BCUT2D eigenvalue weighted by molar-refractivity contribution is -0.144. The molecule has 0 atom stereocenters. The van der Waals surface area contributed by atoms with Gasteiger partial charge >= 0.3 is 89.5 Å². The maximum absolute atomic E-state index is 12.5. The van der Waals surface area contributed by atoms with E-state index in [1.165, 1.54) is 14.7 Å². The number of carboxylic acids is 15. The van der Waals surface area contributed by atoms with E-state index >= 15 is 0 Å². The summed E-state index contributed by atoms with van der Waals surface area (Å²) < 4.78 is 0. The normalized spacial score (nSPS) is 11.8. The van der Waals surface area contributed by atoms with Gasteiger partial charge in [0, 0.05) is 157 Å². The van der Waals surface area contributed by atoms with Crippen molar-refractivity contribution in [3.05, 3.63) is 0 Å². The zero-order valence-electron chi connectivity index (χ0n) is 53.7. The summed E-state index contributed by atoms with van der Waals surface area (Å²) >= 11 is 0. The summed E-state index contributed by atoms with van der Waals surface area (Å²) in [5.41, 5.74) is 0. The van der Waals surface area contributed by atoms with E-state index in [9.17, 15) is 149 Å². The standard InChI is InChI=1S/C54H93N13O30/c68-40(69)25-59(14-8-58(11-21-64(32-47(82)83)33-48(84)85)12-22-65(34-49(86)87)35-50(88)89)13-6-56(7-16-61(27-42(72)73)18-24-67(38-53(94)95)39-54(96)97)3-1-55(5-15-60(26-41(70)71)17-23-66(36-51(90)91)37-52(92)93)2-4-57(9-19-62(28-43(74)75)29-44(76)77)10-20-63(30-45(78)79)31-46(80)81/h1-39H2,(H,68,69)(H,70,71)(H,72,73)(H,74,75)(H,76,77)(H,78,79)(H,80,81)(H,82,83)(H,84,85)(H,86,87)(H,88,89)(H,90,91)(H,92,93)(H,94,95)(H,96,97). The monoisotopic (exact) mass is 1400 g/mol. The minimum Gasteiger partial charge on any atom is -0.480 e. The predicted octanol–water partition coefficient (Wildman–Crippen LogP) is -8.82. The summed E-state index contributed by atoms with van der Waals surface area (Å²) in [6.07, 6.45) is 0. The van der Waals surface area contributed by atoms with Crippen LogP contribution in [0, 0.1) is 0 Å². The first-order valence-electron chi connectivity index (χ1n) is 30.1. The molecule has 0 aromatic heterocycles. The van der Waals surface area contributed by atoms with Crippen LogP contribution in [-0.4, -0.2) is 485 Å². The highest BCUT2D eigenvalue weighted by molar-refractivity contribution is 5.76. The molecule has 0 fully saturated rings. The van der Waals surface area contributed by atoms with Crippen LogP contribution in [0.2, 0.25) is 0 Å². The van der Waals surface area contributed by atoms with Crippen LogP contribution in [0.5, 0.6) is 0 Å². The maximum atomic E-state index is 12.5. The quantitative estimate of drug-likeness (QED) is 0.0269. The highest BCUT2D eigenvalue weighted by atomic mass is 16.4. The predicted molar refractivity (Wildman–Crippen MR) is 328 cm³/mol. The van der Waals surface area contributed by atoms with Gasteiger partial charge in [-0.3, -0.25) is 136 Å². The van der Waals surface area contributed by atoms with Crippen LogP contribution in [-0.2, 0) is 71.9 Å². The van der Waals surface area contributed by atoms with Crippen LogP contribution in [0.3, 0.4) is 0 Å². The van der Waals surface area contributed by atoms with Crippen molar-refractivity contribution in [1.82, 2.24) is 63.7 Å². The SMILES string of the molecule is O=C(O)CN(CCN(CCN(CCN(CCN(CC(=O)O)CC(=O)O)CCN(CC(=O)O)CC(=O)O)CCN(CCN(CC(=O)O)CC(=O)O)CC(=O)O)CCN(CCN(CC(=O)O)CC(=O)O)CC(=O)O)CCN(CCN(CC(=O)O)CC(=O)O)CCN(CC(=O)O)CC(=O)O. The molecule has 0 amide bonds. The van der Waals surface area contributed by atoms with Gasteiger partial charge in [0.25, 0.3) is 0 Å². The van der Waals surface area contributed by atoms with Gasteiger partial charge in [0.05, 0.1) is 98.2 Å². The van der Waals surface area contributed by atoms with Crippen LogP contribution in [0.15, 0.2) is 0 Å². The van der Waals surface area contributed by atoms with Crippen molar-refractivity contribution < 1.29 is 149 Å². The molecule has 554 valence electrons. The molecule has 0 rings (SSSR count). The van der Waals surface area contributed by atoms with E-state index in [1.54, 1.807) is 19.6 Å². The molecule has 0 aliphatic carbocycles. The third-order valence-corrected chi connectivity index (χ3v) is 14.2. The molecule has 0 bridgehead atoms. The summed E-state index contributed by atoms with van der Waals surface area (Å²) in [5.74, 6) is -20.7. The number of aliphatic carboxylic acids is 15. The number of rotatable bonds is 66. The molecule has 15 N–H and O–H groups in total. The Balaban J connectivity index is 8.00. The van der Waals surface area contributed by atoms with Gasteiger partial charge in [0.2, 0.25) is 0 Å². The Labute approximate surface area is 555 Å². The zero-order chi connectivity index (χ0) is 73.7. The molecular formula is C54H93N13O30. The molecule has 0 unspecified atom stereocenters. The van der Waals surface area contributed by atoms with Gasteiger partial charge in [-0.15, -0.1) is 0 Å². The summed E-state index contributed by atoms with van der Waals surface area (Å²) in [4.78, 5) is 195. The second-order valence-corrected chi connectivity index (χ2v) is 22.4. The van der Waals surface area contributed by atoms with Crippen molar-refractivity contribution in [2.24, 2.45) is 0 Å². The Morgan fingerprint density at radius 2 is 0.175 bits per heavy atom. The van der Waals surface area contributed by atoms with Crippen molar-refractivity contribution in [2.45, 2.75) is 0 Å². The van der Waals surface area contributed by atoms with Gasteiger partial charge in [0.1, 0.15) is 0 Å². The van der Waals surface area contributed by atoms with E-state index in [4.69, 9.17) is 0 Å². The molecule has 43 nitrogen and oxygen atoms in total. The molecule has 0 saturated carbocycles. The summed E-state index contributed by atoms with van der Waals surface area (Å²) in [5, 5.41) is 144.